The molecular weight excluding hydrogens is 1280 g/mol. The molecule has 20 rings (SSSR count). The topological polar surface area (TPSA) is 96.0 Å². The van der Waals surface area contributed by atoms with Crippen LogP contribution in [-0.4, -0.2) is 43.6 Å². The molecule has 0 aliphatic rings. The predicted molar refractivity (Wildman–Crippen MR) is 427 cm³/mol. The van der Waals surface area contributed by atoms with Gasteiger partial charge in [0.25, 0.3) is 0 Å². The monoisotopic (exact) mass is 1340 g/mol. The Bertz CT molecular complexity index is 6670. The summed E-state index contributed by atoms with van der Waals surface area (Å²) in [5, 5.41) is 4.26. The van der Waals surface area contributed by atoms with Crippen LogP contribution >= 0.6 is 0 Å². The maximum absolute atomic E-state index is 5.63. The summed E-state index contributed by atoms with van der Waals surface area (Å²) in [5.41, 5.74) is 27.9. The molecule has 0 aliphatic heterocycles. The Morgan fingerprint density at radius 3 is 1.28 bits per heavy atom. The average molecular weight is 1340 g/mol. The van der Waals surface area contributed by atoms with E-state index in [4.69, 9.17) is 29.9 Å². The summed E-state index contributed by atoms with van der Waals surface area (Å²) in [6.07, 6.45) is 4.78. The van der Waals surface area contributed by atoms with Crippen molar-refractivity contribution in [2.75, 3.05) is 0 Å². The van der Waals surface area contributed by atoms with Gasteiger partial charge in [0.2, 0.25) is 11.2 Å². The summed E-state index contributed by atoms with van der Waals surface area (Å²) in [4.78, 5) is 32.8. The summed E-state index contributed by atoms with van der Waals surface area (Å²) < 4.78 is 9.16. The van der Waals surface area contributed by atoms with Crippen molar-refractivity contribution in [1.82, 2.24) is 43.6 Å². The minimum Gasteiger partial charge on any atom is -0.292 e. The smallest absolute Gasteiger partial charge is 0.245 e. The summed E-state index contributed by atoms with van der Waals surface area (Å²) in [5.74, 6) is 2.36. The Hall–Kier alpha value is -14.1. The van der Waals surface area contributed by atoms with Crippen LogP contribution in [0.25, 0.3) is 178 Å². The van der Waals surface area contributed by atoms with Gasteiger partial charge in [0.15, 0.2) is 6.20 Å². The number of hydrogen-bond donors (Lipinski definition) is 0. The van der Waals surface area contributed by atoms with Crippen molar-refractivity contribution < 1.29 is 4.57 Å². The molecule has 105 heavy (non-hydrogen) atoms. The maximum atomic E-state index is 5.63. The van der Waals surface area contributed by atoms with Crippen LogP contribution in [0.3, 0.4) is 0 Å². The number of benzene rings is 13. The molecule has 0 atom stereocenters. The van der Waals surface area contributed by atoms with E-state index in [0.29, 0.717) is 6.42 Å². The van der Waals surface area contributed by atoms with E-state index in [1.54, 1.807) is 0 Å². The first-order valence-corrected chi connectivity index (χ1v) is 35.5. The van der Waals surface area contributed by atoms with Crippen LogP contribution in [-0.2, 0) is 6.42 Å². The van der Waals surface area contributed by atoms with Gasteiger partial charge in [-0.3, -0.25) is 23.7 Å². The second kappa shape index (κ2) is 25.2. The first-order chi connectivity index (χ1) is 52.0. The molecule has 0 saturated heterocycles. The highest BCUT2D eigenvalue weighted by atomic mass is 15.1. The second-order valence-electron chi connectivity index (χ2n) is 26.9. The minimum absolute atomic E-state index is 0.598. The average Bonchev–Trinajstić information content (AvgIpc) is 1.36. The number of rotatable bonds is 13. The number of aromatic nitrogens is 10. The van der Waals surface area contributed by atoms with Crippen molar-refractivity contribution in [3.63, 3.8) is 0 Å². The summed E-state index contributed by atoms with van der Waals surface area (Å²) in [7, 11) is 0. The lowest BCUT2D eigenvalue weighted by Gasteiger charge is -2.16. The molecule has 10 nitrogen and oxygen atoms in total. The third-order valence-corrected chi connectivity index (χ3v) is 20.4. The van der Waals surface area contributed by atoms with Crippen LogP contribution in [0.15, 0.2) is 352 Å². The molecule has 0 saturated carbocycles. The van der Waals surface area contributed by atoms with Gasteiger partial charge in [0, 0.05) is 92.0 Å². The van der Waals surface area contributed by atoms with Crippen LogP contribution in [0.4, 0.5) is 0 Å². The van der Waals surface area contributed by atoms with Crippen molar-refractivity contribution in [2.45, 2.75) is 13.3 Å². The zero-order chi connectivity index (χ0) is 69.5. The number of hydrogen-bond acceptors (Lipinski definition) is 6. The maximum Gasteiger partial charge on any atom is 0.245 e. The predicted octanol–water partition coefficient (Wildman–Crippen LogP) is 22.3. The van der Waals surface area contributed by atoms with Gasteiger partial charge in [-0.05, 0) is 161 Å². The van der Waals surface area contributed by atoms with Crippen molar-refractivity contribution in [2.24, 2.45) is 0 Å². The summed E-state index contributed by atoms with van der Waals surface area (Å²) in [6, 6.07) is 121. The van der Waals surface area contributed by atoms with E-state index in [0.717, 1.165) is 195 Å². The van der Waals surface area contributed by atoms with Crippen molar-refractivity contribution in [1.29, 1.82) is 0 Å². The molecular formula is C95H63N10+. The Balaban J connectivity index is 0.759. The van der Waals surface area contributed by atoms with Gasteiger partial charge >= 0.3 is 0 Å². The summed E-state index contributed by atoms with van der Waals surface area (Å²) in [6.45, 7) is 2.08. The van der Waals surface area contributed by atoms with Gasteiger partial charge in [-0.15, -0.1) is 0 Å². The molecule has 0 amide bonds. The van der Waals surface area contributed by atoms with Gasteiger partial charge in [0.1, 0.15) is 23.0 Å². The lowest BCUT2D eigenvalue weighted by atomic mass is 9.93. The Labute approximate surface area is 605 Å². The zero-order valence-electron chi connectivity index (χ0n) is 57.2. The molecule has 10 heteroatoms. The van der Waals surface area contributed by atoms with E-state index in [9.17, 15) is 0 Å². The van der Waals surface area contributed by atoms with Crippen molar-refractivity contribution in [3.05, 3.63) is 369 Å². The molecule has 7 aromatic heterocycles. The molecule has 0 N–H and O–H groups in total. The molecule has 0 radical (unpaired) electrons. The Morgan fingerprint density at radius 2 is 0.724 bits per heavy atom. The van der Waals surface area contributed by atoms with Gasteiger partial charge in [-0.2, -0.15) is 4.57 Å². The van der Waals surface area contributed by atoms with E-state index in [-0.39, 0.29) is 0 Å². The number of nitrogens with zero attached hydrogens (tertiary/aromatic N) is 10. The standard InChI is InChI=1S/C95H63N10/c1-61-53-81(64-28-9-3-10-29-64)78-45-46-79-82(65-30-11-4-12-31-65)59-70(98-90(79)89(78)97-61)55-62-25-23-32-66(54-62)76-50-52-102(92-80(76)48-47-77-75(49-51-96-91(77)92)63-26-7-2-8-27-63)73-37-24-38-74(60-73)105-88-44-22-19-41-85(88)101-95(105)69-57-67(93-99-83-39-17-20-42-86(83)103(93)71-33-13-5-14-34-71)56-68(58-69)94-100-84-40-18-21-43-87(84)104(94)72-35-15-6-16-36-72/h2-54,56-60H,55H2,1H3/q+1. The second-order valence-corrected chi connectivity index (χ2v) is 26.9. The highest BCUT2D eigenvalue weighted by molar-refractivity contribution is 6.13. The van der Waals surface area contributed by atoms with Crippen LogP contribution in [0, 0.1) is 6.92 Å². The van der Waals surface area contributed by atoms with Crippen LogP contribution in [0.5, 0.6) is 0 Å². The first-order valence-electron chi connectivity index (χ1n) is 35.5. The fourth-order valence-corrected chi connectivity index (χ4v) is 15.7. The van der Waals surface area contributed by atoms with E-state index < -0.39 is 0 Å². The molecule has 13 aromatic carbocycles. The van der Waals surface area contributed by atoms with E-state index >= 15 is 0 Å². The van der Waals surface area contributed by atoms with Gasteiger partial charge < -0.3 is 0 Å². The molecule has 0 bridgehead atoms. The quantitative estimate of drug-likeness (QED) is 0.0843. The first kappa shape index (κ1) is 60.8. The van der Waals surface area contributed by atoms with Crippen LogP contribution < -0.4 is 4.57 Å². The van der Waals surface area contributed by atoms with Crippen molar-refractivity contribution in [3.8, 4) is 101 Å². The third kappa shape index (κ3) is 10.6. The highest BCUT2D eigenvalue weighted by Crippen LogP contribution is 2.43. The fraction of sp³-hybridized carbons (Fsp3) is 0.0211. The lowest BCUT2D eigenvalue weighted by Crippen LogP contribution is -2.31. The largest absolute Gasteiger partial charge is 0.292 e. The molecule has 7 heterocycles. The van der Waals surface area contributed by atoms with Crippen LogP contribution in [0.2, 0.25) is 0 Å². The molecule has 20 aromatic rings. The number of para-hydroxylation sites is 8. The zero-order valence-corrected chi connectivity index (χ0v) is 57.2. The molecule has 0 aliphatic carbocycles. The normalized spacial score (nSPS) is 11.7. The summed E-state index contributed by atoms with van der Waals surface area (Å²) >= 11 is 0. The molecule has 0 fully saturated rings. The van der Waals surface area contributed by atoms with Gasteiger partial charge in [-0.25, -0.2) is 19.9 Å². The molecule has 492 valence electrons. The highest BCUT2D eigenvalue weighted by Gasteiger charge is 2.27. The van der Waals surface area contributed by atoms with E-state index in [2.05, 4.69) is 371 Å². The Kier molecular flexibility index (Phi) is 14.6. The minimum atomic E-state index is 0.598. The van der Waals surface area contributed by atoms with Gasteiger partial charge in [-0.1, -0.05) is 212 Å². The number of aryl methyl sites for hydroxylation is 1. The molecule has 0 spiro atoms. The van der Waals surface area contributed by atoms with Crippen molar-refractivity contribution >= 4 is 76.7 Å². The van der Waals surface area contributed by atoms with E-state index in [1.807, 2.05) is 6.20 Å². The third-order valence-electron chi connectivity index (χ3n) is 20.4. The molecule has 0 unspecified atom stereocenters. The van der Waals surface area contributed by atoms with Gasteiger partial charge in [0.05, 0.1) is 55.2 Å². The number of fused-ring (bicyclic) bond motifs is 9. The van der Waals surface area contributed by atoms with Crippen LogP contribution in [0.1, 0.15) is 17.0 Å². The number of pyridine rings is 4. The van der Waals surface area contributed by atoms with E-state index in [1.165, 1.54) is 0 Å². The lowest BCUT2D eigenvalue weighted by molar-refractivity contribution is -0.566. The Morgan fingerprint density at radius 1 is 0.295 bits per heavy atom. The fourth-order valence-electron chi connectivity index (χ4n) is 15.7. The number of imidazole rings is 3. The SMILES string of the molecule is Cc1cc(-c2ccccc2)c2ccc3c(-c4ccccc4)cc(Cc4cccc(-c5cc[n+](-c6cccc(-n7c(-c8cc(-c9nc%10ccccc%10n9-c9ccccc9)cc(-c9nc%10ccccc%10n9-c9ccccc9)c8)nc8ccccc87)c6)c6c5ccc5c(-c7ccccc7)ccnc56)c4)nc3c2n1.